The van der Waals surface area contributed by atoms with Crippen molar-refractivity contribution in [2.75, 3.05) is 4.90 Å². The normalized spacial score (nSPS) is 18.1. The van der Waals surface area contributed by atoms with E-state index in [0.29, 0.717) is 11.1 Å². The molecule has 1 N–H and O–H groups in total. The van der Waals surface area contributed by atoms with Crippen LogP contribution in [0.4, 0.5) is 10.1 Å². The first-order chi connectivity index (χ1) is 14.4. The van der Waals surface area contributed by atoms with Gasteiger partial charge in [-0.2, -0.15) is 0 Å². The Morgan fingerprint density at radius 3 is 2.40 bits per heavy atom. The number of hydrogen-bond donors (Lipinski definition) is 1. The maximum atomic E-state index is 13.9. The summed E-state index contributed by atoms with van der Waals surface area (Å²) in [6.07, 6.45) is 3.08. The van der Waals surface area contributed by atoms with Crippen LogP contribution in [0.25, 0.3) is 5.76 Å². The Morgan fingerprint density at radius 1 is 1.00 bits per heavy atom. The molecule has 0 aliphatic carbocycles. The number of carbonyl (C=O) groups is 2. The molecule has 1 unspecified atom stereocenters. The van der Waals surface area contributed by atoms with E-state index in [1.165, 1.54) is 35.5 Å². The molecule has 1 aromatic heterocycles. The van der Waals surface area contributed by atoms with Crippen LogP contribution in [0, 0.1) is 19.7 Å². The molecule has 4 rings (SSSR count). The van der Waals surface area contributed by atoms with Crippen LogP contribution >= 0.6 is 0 Å². The minimum atomic E-state index is -0.906. The number of aryl methyl sites for hydroxylation is 2. The minimum absolute atomic E-state index is 0.0429. The second kappa shape index (κ2) is 7.55. The van der Waals surface area contributed by atoms with Crippen molar-refractivity contribution in [3.8, 4) is 0 Å². The number of hydrogen-bond acceptors (Lipinski definition) is 4. The highest BCUT2D eigenvalue weighted by atomic mass is 19.1. The van der Waals surface area contributed by atoms with Crippen LogP contribution in [0.1, 0.15) is 28.3 Å². The molecule has 1 atom stereocenters. The van der Waals surface area contributed by atoms with Gasteiger partial charge in [-0.3, -0.25) is 19.5 Å². The predicted octanol–water partition coefficient (Wildman–Crippen LogP) is 4.46. The van der Waals surface area contributed by atoms with Gasteiger partial charge in [-0.25, -0.2) is 4.39 Å². The van der Waals surface area contributed by atoms with Gasteiger partial charge in [0.1, 0.15) is 11.6 Å². The third-order valence-corrected chi connectivity index (χ3v) is 5.33. The summed E-state index contributed by atoms with van der Waals surface area (Å²) in [5.41, 5.74) is 3.20. The number of benzene rings is 2. The molecule has 5 nitrogen and oxygen atoms in total. The van der Waals surface area contributed by atoms with Crippen molar-refractivity contribution in [2.24, 2.45) is 0 Å². The molecule has 2 aromatic carbocycles. The summed E-state index contributed by atoms with van der Waals surface area (Å²) in [4.78, 5) is 31.2. The van der Waals surface area contributed by atoms with Crippen molar-refractivity contribution >= 4 is 23.1 Å². The lowest BCUT2D eigenvalue weighted by atomic mass is 9.94. The van der Waals surface area contributed by atoms with Crippen molar-refractivity contribution in [1.82, 2.24) is 4.98 Å². The summed E-state index contributed by atoms with van der Waals surface area (Å²) in [6, 6.07) is 13.2. The fraction of sp³-hybridized carbons (Fsp3) is 0.125. The third-order valence-electron chi connectivity index (χ3n) is 5.33. The molecule has 6 heteroatoms. The van der Waals surface area contributed by atoms with E-state index in [1.807, 2.05) is 19.9 Å². The molecule has 1 saturated heterocycles. The molecule has 1 fully saturated rings. The average Bonchev–Trinajstić information content (AvgIpc) is 3.01. The number of amides is 1. The topological polar surface area (TPSA) is 70.5 Å². The predicted molar refractivity (Wildman–Crippen MR) is 111 cm³/mol. The van der Waals surface area contributed by atoms with E-state index < -0.39 is 23.5 Å². The molecule has 1 amide bonds. The van der Waals surface area contributed by atoms with Crippen LogP contribution < -0.4 is 4.90 Å². The van der Waals surface area contributed by atoms with Gasteiger partial charge in [0.2, 0.25) is 0 Å². The van der Waals surface area contributed by atoms with Gasteiger partial charge < -0.3 is 5.11 Å². The van der Waals surface area contributed by atoms with Gasteiger partial charge in [-0.1, -0.05) is 18.2 Å². The minimum Gasteiger partial charge on any atom is -0.507 e. The molecule has 0 spiro atoms. The molecule has 1 aliphatic rings. The molecule has 30 heavy (non-hydrogen) atoms. The SMILES string of the molecule is Cc1ccc(/C(O)=C2\C(=O)C(=O)N(c3cccc(F)c3)C2c2ccncc2)cc1C. The summed E-state index contributed by atoms with van der Waals surface area (Å²) < 4.78 is 13.9. The van der Waals surface area contributed by atoms with Crippen molar-refractivity contribution in [2.45, 2.75) is 19.9 Å². The maximum absolute atomic E-state index is 13.9. The lowest BCUT2D eigenvalue weighted by Gasteiger charge is -2.25. The van der Waals surface area contributed by atoms with E-state index in [4.69, 9.17) is 0 Å². The second-order valence-electron chi connectivity index (χ2n) is 7.23. The molecule has 1 aliphatic heterocycles. The first-order valence-corrected chi connectivity index (χ1v) is 9.42. The Morgan fingerprint density at radius 2 is 1.73 bits per heavy atom. The Hall–Kier alpha value is -3.80. The van der Waals surface area contributed by atoms with Crippen molar-refractivity contribution in [3.63, 3.8) is 0 Å². The lowest BCUT2D eigenvalue weighted by molar-refractivity contribution is -0.132. The summed E-state index contributed by atoms with van der Waals surface area (Å²) in [5, 5.41) is 11.1. The van der Waals surface area contributed by atoms with Crippen LogP contribution in [0.3, 0.4) is 0 Å². The zero-order valence-electron chi connectivity index (χ0n) is 16.5. The molecular weight excluding hydrogens is 383 g/mol. The summed E-state index contributed by atoms with van der Waals surface area (Å²) in [7, 11) is 0. The first-order valence-electron chi connectivity index (χ1n) is 9.42. The summed E-state index contributed by atoms with van der Waals surface area (Å²) in [6.45, 7) is 3.84. The number of rotatable bonds is 3. The maximum Gasteiger partial charge on any atom is 0.300 e. The highest BCUT2D eigenvalue weighted by Crippen LogP contribution is 2.42. The Kier molecular flexibility index (Phi) is 4.91. The fourth-order valence-electron chi connectivity index (χ4n) is 3.63. The zero-order chi connectivity index (χ0) is 21.4. The number of aromatic nitrogens is 1. The highest BCUT2D eigenvalue weighted by Gasteiger charge is 2.47. The van der Waals surface area contributed by atoms with Crippen molar-refractivity contribution < 1.29 is 19.1 Å². The first kappa shape index (κ1) is 19.5. The number of ketones is 1. The van der Waals surface area contributed by atoms with Gasteiger partial charge in [0.15, 0.2) is 0 Å². The number of halogens is 1. The molecule has 0 bridgehead atoms. The number of pyridine rings is 1. The average molecular weight is 402 g/mol. The van der Waals surface area contributed by atoms with E-state index in [-0.39, 0.29) is 17.0 Å². The largest absolute Gasteiger partial charge is 0.507 e. The number of nitrogens with zero attached hydrogens (tertiary/aromatic N) is 2. The van der Waals surface area contributed by atoms with Crippen molar-refractivity contribution in [3.05, 3.63) is 101 Å². The Balaban J connectivity index is 1.95. The number of carbonyl (C=O) groups excluding carboxylic acids is 2. The van der Waals surface area contributed by atoms with Gasteiger partial charge >= 0.3 is 0 Å². The summed E-state index contributed by atoms with van der Waals surface area (Å²) >= 11 is 0. The quantitative estimate of drug-likeness (QED) is 0.399. The van der Waals surface area contributed by atoms with Crippen molar-refractivity contribution in [1.29, 1.82) is 0 Å². The van der Waals surface area contributed by atoms with E-state index >= 15 is 0 Å². The number of aliphatic hydroxyl groups excluding tert-OH is 1. The standard InChI is InChI=1S/C24H19FN2O3/c1-14-6-7-17(12-15(14)2)22(28)20-21(16-8-10-26-11-9-16)27(24(30)23(20)29)19-5-3-4-18(25)13-19/h3-13,21,28H,1-2H3/b22-20+. The van der Waals surface area contributed by atoms with E-state index in [1.54, 1.807) is 30.3 Å². The zero-order valence-corrected chi connectivity index (χ0v) is 16.5. The number of anilines is 1. The van der Waals surface area contributed by atoms with Crippen LogP contribution in [0.2, 0.25) is 0 Å². The smallest absolute Gasteiger partial charge is 0.300 e. The van der Waals surface area contributed by atoms with Crippen LogP contribution in [-0.2, 0) is 9.59 Å². The molecule has 150 valence electrons. The molecule has 2 heterocycles. The van der Waals surface area contributed by atoms with E-state index in [2.05, 4.69) is 4.98 Å². The second-order valence-corrected chi connectivity index (χ2v) is 7.23. The van der Waals surface area contributed by atoms with Crippen LogP contribution in [0.15, 0.2) is 72.6 Å². The third kappa shape index (κ3) is 3.26. The van der Waals surface area contributed by atoms with Crippen LogP contribution in [-0.4, -0.2) is 21.8 Å². The molecular formula is C24H19FN2O3. The molecule has 0 saturated carbocycles. The lowest BCUT2D eigenvalue weighted by Crippen LogP contribution is -2.29. The highest BCUT2D eigenvalue weighted by molar-refractivity contribution is 6.51. The van der Waals surface area contributed by atoms with Gasteiger partial charge in [-0.15, -0.1) is 0 Å². The van der Waals surface area contributed by atoms with E-state index in [9.17, 15) is 19.1 Å². The Labute approximate surface area is 173 Å². The van der Waals surface area contributed by atoms with E-state index in [0.717, 1.165) is 11.1 Å². The molecule has 3 aromatic rings. The number of aliphatic hydroxyl groups is 1. The van der Waals surface area contributed by atoms with Gasteiger partial charge in [-0.05, 0) is 66.9 Å². The van der Waals surface area contributed by atoms with Gasteiger partial charge in [0.05, 0.1) is 11.6 Å². The monoisotopic (exact) mass is 402 g/mol. The Bertz CT molecular complexity index is 1190. The molecule has 0 radical (unpaired) electrons. The summed E-state index contributed by atoms with van der Waals surface area (Å²) in [5.74, 6) is -2.45. The van der Waals surface area contributed by atoms with Crippen LogP contribution in [0.5, 0.6) is 0 Å². The number of Topliss-reactive ketones (excluding diaryl/α,β-unsaturated/α-hetero) is 1. The fourth-order valence-corrected chi connectivity index (χ4v) is 3.63. The van der Waals surface area contributed by atoms with Gasteiger partial charge in [0, 0.05) is 23.6 Å². The van der Waals surface area contributed by atoms with Gasteiger partial charge in [0.25, 0.3) is 11.7 Å².